The van der Waals surface area contributed by atoms with Crippen LogP contribution in [0.15, 0.2) is 94.6 Å². The van der Waals surface area contributed by atoms with Crippen LogP contribution in [0.4, 0.5) is 5.69 Å². The molecule has 0 bridgehead atoms. The molecule has 162 valence electrons. The van der Waals surface area contributed by atoms with Gasteiger partial charge in [-0.2, -0.15) is 0 Å². The largest absolute Gasteiger partial charge is 0.416 e. The van der Waals surface area contributed by atoms with Gasteiger partial charge in [0, 0.05) is 17.7 Å². The van der Waals surface area contributed by atoms with Crippen molar-refractivity contribution in [2.45, 2.75) is 36.7 Å². The summed E-state index contributed by atoms with van der Waals surface area (Å²) in [6.45, 7) is 3.97. The van der Waals surface area contributed by atoms with Crippen molar-refractivity contribution in [3.8, 4) is 11.1 Å². The Hall–Kier alpha value is -3.38. The fourth-order valence-corrected chi connectivity index (χ4v) is 4.13. The number of rotatable bonds is 8. The van der Waals surface area contributed by atoms with Crippen LogP contribution in [0.25, 0.3) is 11.1 Å². The van der Waals surface area contributed by atoms with Crippen molar-refractivity contribution < 1.29 is 9.21 Å². The number of para-hydroxylation sites is 1. The number of amides is 1. The summed E-state index contributed by atoms with van der Waals surface area (Å²) in [5, 5.41) is 11.3. The normalized spacial score (nSPS) is 12.8. The molecular weight excluding hydrogens is 418 g/mol. The van der Waals surface area contributed by atoms with Crippen molar-refractivity contribution in [3.05, 3.63) is 96.4 Å². The molecule has 4 aromatic rings. The van der Waals surface area contributed by atoms with Crippen LogP contribution in [0, 0.1) is 0 Å². The first-order valence-corrected chi connectivity index (χ1v) is 11.5. The first-order chi connectivity index (χ1) is 15.6. The number of thioether (sulfide) groups is 1. The van der Waals surface area contributed by atoms with Gasteiger partial charge in [0.2, 0.25) is 11.8 Å². The number of hydrogen-bond donors (Lipinski definition) is 1. The average Bonchev–Trinajstić information content (AvgIpc) is 3.27. The molecule has 0 saturated carbocycles. The van der Waals surface area contributed by atoms with Gasteiger partial charge in [-0.05, 0) is 30.0 Å². The molecule has 0 aliphatic heterocycles. The molecule has 0 aliphatic carbocycles. The van der Waals surface area contributed by atoms with Gasteiger partial charge >= 0.3 is 0 Å². The van der Waals surface area contributed by atoms with E-state index in [1.807, 2.05) is 79.7 Å². The Balaban J connectivity index is 1.38. The molecule has 2 unspecified atom stereocenters. The van der Waals surface area contributed by atoms with Gasteiger partial charge in [-0.1, -0.05) is 97.5 Å². The second kappa shape index (κ2) is 10.3. The maximum atomic E-state index is 12.8. The molecule has 1 heterocycles. The SMILES string of the molecule is CC(Sc1nnc(CC(C)c2ccccc2)o1)C(=O)Nc1ccccc1-c1ccccc1. The molecule has 2 atom stereocenters. The van der Waals surface area contributed by atoms with Crippen LogP contribution in [-0.2, 0) is 11.2 Å². The molecule has 0 fully saturated rings. The number of nitrogens with zero attached hydrogens (tertiary/aromatic N) is 2. The molecule has 0 saturated heterocycles. The number of carbonyl (C=O) groups is 1. The van der Waals surface area contributed by atoms with Crippen LogP contribution in [0.5, 0.6) is 0 Å². The van der Waals surface area contributed by atoms with Crippen molar-refractivity contribution in [3.63, 3.8) is 0 Å². The van der Waals surface area contributed by atoms with E-state index in [0.29, 0.717) is 17.5 Å². The second-order valence-corrected chi connectivity index (χ2v) is 8.93. The summed E-state index contributed by atoms with van der Waals surface area (Å²) in [5.41, 5.74) is 4.04. The second-order valence-electron chi connectivity index (χ2n) is 7.64. The maximum absolute atomic E-state index is 12.8. The van der Waals surface area contributed by atoms with Crippen LogP contribution in [0.3, 0.4) is 0 Å². The smallest absolute Gasteiger partial charge is 0.277 e. The highest BCUT2D eigenvalue weighted by Crippen LogP contribution is 2.29. The molecular formula is C26H25N3O2S. The molecule has 1 amide bonds. The van der Waals surface area contributed by atoms with Gasteiger partial charge in [0.1, 0.15) is 0 Å². The van der Waals surface area contributed by atoms with Gasteiger partial charge in [-0.3, -0.25) is 4.79 Å². The van der Waals surface area contributed by atoms with Crippen LogP contribution >= 0.6 is 11.8 Å². The van der Waals surface area contributed by atoms with E-state index in [2.05, 4.69) is 34.6 Å². The number of carbonyl (C=O) groups excluding carboxylic acids is 1. The predicted molar refractivity (Wildman–Crippen MR) is 129 cm³/mol. The van der Waals surface area contributed by atoms with Crippen molar-refractivity contribution in [1.82, 2.24) is 10.2 Å². The first-order valence-electron chi connectivity index (χ1n) is 10.6. The van der Waals surface area contributed by atoms with Crippen LogP contribution in [0.2, 0.25) is 0 Å². The zero-order chi connectivity index (χ0) is 22.3. The molecule has 6 heteroatoms. The number of anilines is 1. The van der Waals surface area contributed by atoms with Gasteiger partial charge < -0.3 is 9.73 Å². The molecule has 1 aromatic heterocycles. The number of hydrogen-bond acceptors (Lipinski definition) is 5. The lowest BCUT2D eigenvalue weighted by molar-refractivity contribution is -0.115. The average molecular weight is 444 g/mol. The molecule has 3 aromatic carbocycles. The monoisotopic (exact) mass is 443 g/mol. The molecule has 5 nitrogen and oxygen atoms in total. The van der Waals surface area contributed by atoms with Crippen molar-refractivity contribution >= 4 is 23.4 Å². The van der Waals surface area contributed by atoms with Gasteiger partial charge in [0.15, 0.2) is 0 Å². The summed E-state index contributed by atoms with van der Waals surface area (Å²) in [5.74, 6) is 0.728. The van der Waals surface area contributed by atoms with E-state index in [1.165, 1.54) is 17.3 Å². The van der Waals surface area contributed by atoms with E-state index in [9.17, 15) is 4.79 Å². The van der Waals surface area contributed by atoms with E-state index in [-0.39, 0.29) is 11.8 Å². The summed E-state index contributed by atoms with van der Waals surface area (Å²) in [4.78, 5) is 12.8. The molecule has 32 heavy (non-hydrogen) atoms. The molecule has 0 spiro atoms. The van der Waals surface area contributed by atoms with E-state index in [1.54, 1.807) is 0 Å². The van der Waals surface area contributed by atoms with E-state index in [0.717, 1.165) is 16.8 Å². The summed E-state index contributed by atoms with van der Waals surface area (Å²) in [6, 6.07) is 28.0. The Kier molecular flexibility index (Phi) is 7.02. The topological polar surface area (TPSA) is 68.0 Å². The molecule has 0 radical (unpaired) electrons. The van der Waals surface area contributed by atoms with Crippen LogP contribution < -0.4 is 5.32 Å². The molecule has 4 rings (SSSR count). The van der Waals surface area contributed by atoms with Crippen LogP contribution in [0.1, 0.15) is 31.2 Å². The minimum absolute atomic E-state index is 0.115. The number of nitrogens with one attached hydrogen (secondary N) is 1. The third-order valence-electron chi connectivity index (χ3n) is 5.21. The minimum atomic E-state index is -0.390. The molecule has 0 aliphatic rings. The van der Waals surface area contributed by atoms with E-state index in [4.69, 9.17) is 4.42 Å². The Morgan fingerprint density at radius 1 is 0.906 bits per heavy atom. The summed E-state index contributed by atoms with van der Waals surface area (Å²) >= 11 is 1.26. The van der Waals surface area contributed by atoms with Crippen molar-refractivity contribution in [1.29, 1.82) is 0 Å². The highest BCUT2D eigenvalue weighted by molar-refractivity contribution is 8.00. The third kappa shape index (κ3) is 5.45. The predicted octanol–water partition coefficient (Wildman–Crippen LogP) is 6.20. The lowest BCUT2D eigenvalue weighted by atomic mass is 9.98. The Bertz CT molecular complexity index is 1160. The van der Waals surface area contributed by atoms with Gasteiger partial charge in [-0.25, -0.2) is 0 Å². The fourth-order valence-electron chi connectivity index (χ4n) is 3.43. The van der Waals surface area contributed by atoms with Gasteiger partial charge in [0.05, 0.1) is 5.25 Å². The lowest BCUT2D eigenvalue weighted by Crippen LogP contribution is -2.22. The minimum Gasteiger partial charge on any atom is -0.416 e. The Labute approximate surface area is 192 Å². The van der Waals surface area contributed by atoms with Gasteiger partial charge in [0.25, 0.3) is 5.22 Å². The summed E-state index contributed by atoms with van der Waals surface area (Å²) in [6.07, 6.45) is 0.655. The van der Waals surface area contributed by atoms with Gasteiger partial charge in [-0.15, -0.1) is 10.2 Å². The van der Waals surface area contributed by atoms with Crippen LogP contribution in [-0.4, -0.2) is 21.4 Å². The fraction of sp³-hybridized carbons (Fsp3) is 0.192. The third-order valence-corrected chi connectivity index (χ3v) is 6.15. The molecule has 1 N–H and O–H groups in total. The summed E-state index contributed by atoms with van der Waals surface area (Å²) in [7, 11) is 0. The zero-order valence-corrected chi connectivity index (χ0v) is 18.9. The van der Waals surface area contributed by atoms with Crippen molar-refractivity contribution in [2.75, 3.05) is 5.32 Å². The first kappa shape index (κ1) is 21.8. The van der Waals surface area contributed by atoms with Crippen molar-refractivity contribution in [2.24, 2.45) is 0 Å². The Morgan fingerprint density at radius 3 is 2.31 bits per heavy atom. The number of benzene rings is 3. The maximum Gasteiger partial charge on any atom is 0.277 e. The zero-order valence-electron chi connectivity index (χ0n) is 18.1. The highest BCUT2D eigenvalue weighted by atomic mass is 32.2. The number of aromatic nitrogens is 2. The standard InChI is InChI=1S/C26H25N3O2S/c1-18(20-11-5-3-6-12-20)17-24-28-29-26(31-24)32-19(2)25(30)27-23-16-10-9-15-22(23)21-13-7-4-8-14-21/h3-16,18-19H,17H2,1-2H3,(H,27,30). The summed E-state index contributed by atoms with van der Waals surface area (Å²) < 4.78 is 5.80. The van der Waals surface area contributed by atoms with E-state index < -0.39 is 5.25 Å². The Morgan fingerprint density at radius 2 is 1.56 bits per heavy atom. The lowest BCUT2D eigenvalue weighted by Gasteiger charge is -2.14. The van der Waals surface area contributed by atoms with E-state index >= 15 is 0 Å². The highest BCUT2D eigenvalue weighted by Gasteiger charge is 2.20. The quantitative estimate of drug-likeness (QED) is 0.328.